The average Bonchev–Trinajstić information content (AvgIpc) is 3.35. The summed E-state index contributed by atoms with van der Waals surface area (Å²) in [5.74, 6) is -0.462. The molecule has 0 aliphatic heterocycles. The van der Waals surface area contributed by atoms with Crippen molar-refractivity contribution in [3.63, 3.8) is 0 Å². The van der Waals surface area contributed by atoms with Gasteiger partial charge in [-0.15, -0.1) is 26.7 Å². The monoisotopic (exact) mass is 421 g/mol. The Bertz CT molecular complexity index is 962. The van der Waals surface area contributed by atoms with Crippen LogP contribution in [0.4, 0.5) is 9.93 Å². The summed E-state index contributed by atoms with van der Waals surface area (Å²) < 4.78 is 0. The molecule has 2 aromatic heterocycles. The van der Waals surface area contributed by atoms with Crippen LogP contribution in [0.5, 0.6) is 0 Å². The van der Waals surface area contributed by atoms with Crippen LogP contribution in [-0.4, -0.2) is 50.6 Å². The minimum absolute atomic E-state index is 0.0310. The molecule has 3 N–H and O–H groups in total. The zero-order valence-corrected chi connectivity index (χ0v) is 16.0. The molecule has 0 saturated carbocycles. The zero-order valence-electron chi connectivity index (χ0n) is 14.5. The normalized spacial score (nSPS) is 11.8. The lowest BCUT2D eigenvalue weighted by Crippen LogP contribution is -2.49. The standard InChI is InChI=1S/C16H16ClN7O3S/c17-5-6-24(23-27)16(26)20-13(14(25)21-15-22-19-9-28-15)7-10-8-18-12-4-2-1-3-11(10)12/h1-4,8-9,13,18H,5-7H2,(H,20,26)(H,21,22,25)/t13-/m0/s1. The number of anilines is 1. The number of hydrogen-bond acceptors (Lipinski definition) is 7. The molecule has 3 amide bonds. The van der Waals surface area contributed by atoms with E-state index in [4.69, 9.17) is 11.6 Å². The summed E-state index contributed by atoms with van der Waals surface area (Å²) in [6, 6.07) is 5.81. The molecule has 0 aliphatic carbocycles. The van der Waals surface area contributed by atoms with Crippen LogP contribution in [0.1, 0.15) is 5.56 Å². The largest absolute Gasteiger partial charge is 0.361 e. The highest BCUT2D eigenvalue weighted by molar-refractivity contribution is 7.13. The zero-order chi connectivity index (χ0) is 19.9. The van der Waals surface area contributed by atoms with Gasteiger partial charge in [0.25, 0.3) is 0 Å². The highest BCUT2D eigenvalue weighted by atomic mass is 35.5. The fourth-order valence-electron chi connectivity index (χ4n) is 2.63. The van der Waals surface area contributed by atoms with Crippen molar-refractivity contribution < 1.29 is 9.59 Å². The lowest BCUT2D eigenvalue weighted by atomic mass is 10.0. The lowest BCUT2D eigenvalue weighted by molar-refractivity contribution is -0.118. The van der Waals surface area contributed by atoms with E-state index in [-0.39, 0.29) is 18.8 Å². The highest BCUT2D eigenvalue weighted by Crippen LogP contribution is 2.20. The van der Waals surface area contributed by atoms with Crippen molar-refractivity contribution in [2.24, 2.45) is 5.29 Å². The van der Waals surface area contributed by atoms with Crippen molar-refractivity contribution in [3.8, 4) is 0 Å². The molecule has 0 unspecified atom stereocenters. The Hall–Kier alpha value is -3.05. The molecule has 2 heterocycles. The van der Waals surface area contributed by atoms with Gasteiger partial charge >= 0.3 is 6.03 Å². The Morgan fingerprint density at radius 1 is 1.36 bits per heavy atom. The van der Waals surface area contributed by atoms with E-state index in [0.717, 1.165) is 27.8 Å². The maximum Gasteiger partial charge on any atom is 0.341 e. The predicted octanol–water partition coefficient (Wildman–Crippen LogP) is 2.50. The van der Waals surface area contributed by atoms with Crippen LogP contribution in [0, 0.1) is 4.91 Å². The van der Waals surface area contributed by atoms with Gasteiger partial charge in [0, 0.05) is 29.4 Å². The average molecular weight is 422 g/mol. The van der Waals surface area contributed by atoms with E-state index in [1.54, 1.807) is 6.20 Å². The molecule has 0 saturated heterocycles. The van der Waals surface area contributed by atoms with Crippen LogP contribution in [-0.2, 0) is 11.2 Å². The van der Waals surface area contributed by atoms with Crippen molar-refractivity contribution >= 4 is 50.9 Å². The van der Waals surface area contributed by atoms with Gasteiger partial charge in [-0.05, 0) is 11.6 Å². The molecule has 1 aromatic carbocycles. The second-order valence-corrected chi connectivity index (χ2v) is 6.90. The molecule has 28 heavy (non-hydrogen) atoms. The van der Waals surface area contributed by atoms with Gasteiger partial charge in [0.15, 0.2) is 0 Å². The molecule has 0 spiro atoms. The van der Waals surface area contributed by atoms with Crippen molar-refractivity contribution in [2.45, 2.75) is 12.5 Å². The fourth-order valence-corrected chi connectivity index (χ4v) is 3.24. The molecular formula is C16H16ClN7O3S. The first-order valence-corrected chi connectivity index (χ1v) is 9.63. The number of fused-ring (bicyclic) bond motifs is 1. The summed E-state index contributed by atoms with van der Waals surface area (Å²) >= 11 is 6.72. The lowest BCUT2D eigenvalue weighted by Gasteiger charge is -2.20. The minimum atomic E-state index is -0.977. The van der Waals surface area contributed by atoms with Gasteiger partial charge in [0.2, 0.25) is 11.0 Å². The first-order chi connectivity index (χ1) is 13.6. The second-order valence-electron chi connectivity index (χ2n) is 5.69. The van der Waals surface area contributed by atoms with E-state index in [9.17, 15) is 14.5 Å². The number of amides is 3. The number of hydrogen-bond donors (Lipinski definition) is 3. The Morgan fingerprint density at radius 3 is 2.89 bits per heavy atom. The van der Waals surface area contributed by atoms with Gasteiger partial charge in [0.1, 0.15) is 11.6 Å². The summed E-state index contributed by atoms with van der Waals surface area (Å²) in [4.78, 5) is 39.0. The number of benzene rings is 1. The number of aromatic amines is 1. The Morgan fingerprint density at radius 2 is 2.18 bits per heavy atom. The number of carbonyl (C=O) groups is 2. The van der Waals surface area contributed by atoms with Crippen LogP contribution in [0.2, 0.25) is 0 Å². The second kappa shape index (κ2) is 9.24. The Balaban J connectivity index is 1.82. The third-order valence-electron chi connectivity index (χ3n) is 3.93. The Kier molecular flexibility index (Phi) is 6.50. The number of alkyl halides is 1. The number of nitroso groups, excluding NO2 is 1. The van der Waals surface area contributed by atoms with Gasteiger partial charge in [-0.2, -0.15) is 5.01 Å². The summed E-state index contributed by atoms with van der Waals surface area (Å²) in [6.07, 6.45) is 1.96. The number of nitrogens with one attached hydrogen (secondary N) is 3. The number of H-pyrrole nitrogens is 1. The van der Waals surface area contributed by atoms with Crippen LogP contribution in [0.25, 0.3) is 10.9 Å². The topological polar surface area (TPSA) is 132 Å². The maximum absolute atomic E-state index is 12.7. The van der Waals surface area contributed by atoms with Crippen molar-refractivity contribution in [1.82, 2.24) is 25.5 Å². The van der Waals surface area contributed by atoms with Crippen molar-refractivity contribution in [1.29, 1.82) is 0 Å². The smallest absolute Gasteiger partial charge is 0.341 e. The number of para-hydroxylation sites is 1. The van der Waals surface area contributed by atoms with Gasteiger partial charge in [-0.1, -0.05) is 29.5 Å². The Labute approximate surface area is 168 Å². The summed E-state index contributed by atoms with van der Waals surface area (Å²) in [6.45, 7) is -0.0747. The number of urea groups is 1. The molecule has 0 radical (unpaired) electrons. The van der Waals surface area contributed by atoms with Gasteiger partial charge < -0.3 is 10.3 Å². The number of nitrogens with zero attached hydrogens (tertiary/aromatic N) is 4. The molecular weight excluding hydrogens is 406 g/mol. The van der Waals surface area contributed by atoms with Crippen LogP contribution in [0.15, 0.2) is 41.3 Å². The van der Waals surface area contributed by atoms with Crippen LogP contribution in [0.3, 0.4) is 0 Å². The summed E-state index contributed by atoms with van der Waals surface area (Å²) in [7, 11) is 0. The summed E-state index contributed by atoms with van der Waals surface area (Å²) in [5, 5.41) is 17.1. The van der Waals surface area contributed by atoms with Crippen LogP contribution >= 0.6 is 22.9 Å². The number of rotatable bonds is 8. The predicted molar refractivity (Wildman–Crippen MR) is 106 cm³/mol. The molecule has 12 heteroatoms. The van der Waals surface area contributed by atoms with Crippen molar-refractivity contribution in [2.75, 3.05) is 17.7 Å². The van der Waals surface area contributed by atoms with Gasteiger partial charge in [-0.3, -0.25) is 10.1 Å². The quantitative estimate of drug-likeness (QED) is 0.292. The molecule has 0 aliphatic rings. The van der Waals surface area contributed by atoms with Crippen LogP contribution < -0.4 is 10.6 Å². The fraction of sp³-hybridized carbons (Fsp3) is 0.250. The van der Waals surface area contributed by atoms with E-state index in [0.29, 0.717) is 10.1 Å². The number of halogens is 1. The first-order valence-electron chi connectivity index (χ1n) is 8.21. The third-order valence-corrected chi connectivity index (χ3v) is 4.71. The maximum atomic E-state index is 12.7. The number of aromatic nitrogens is 3. The third kappa shape index (κ3) is 4.61. The highest BCUT2D eigenvalue weighted by Gasteiger charge is 2.26. The van der Waals surface area contributed by atoms with Crippen molar-refractivity contribution in [3.05, 3.63) is 46.4 Å². The molecule has 0 fully saturated rings. The van der Waals surface area contributed by atoms with E-state index in [1.165, 1.54) is 5.51 Å². The molecule has 146 valence electrons. The summed E-state index contributed by atoms with van der Waals surface area (Å²) in [5.41, 5.74) is 3.21. The van der Waals surface area contributed by atoms with E-state index in [2.05, 4.69) is 31.1 Å². The minimum Gasteiger partial charge on any atom is -0.361 e. The number of carbonyl (C=O) groups excluding carboxylic acids is 2. The molecule has 0 bridgehead atoms. The van der Waals surface area contributed by atoms with Gasteiger partial charge in [-0.25, -0.2) is 4.79 Å². The molecule has 1 atom stereocenters. The van der Waals surface area contributed by atoms with Gasteiger partial charge in [0.05, 0.1) is 11.8 Å². The molecule has 3 aromatic rings. The van der Waals surface area contributed by atoms with E-state index < -0.39 is 18.0 Å². The first kappa shape index (κ1) is 19.7. The molecule has 3 rings (SSSR count). The van der Waals surface area contributed by atoms with E-state index in [1.807, 2.05) is 24.3 Å². The molecule has 10 nitrogen and oxygen atoms in total. The SMILES string of the molecule is O=NN(CCCl)C(=O)N[C@@H](Cc1c[nH]c2ccccc12)C(=O)Nc1nncs1. The van der Waals surface area contributed by atoms with E-state index >= 15 is 0 Å².